The number of likely N-dealkylation sites (N-methyl/N-ethyl adjacent to an activating group) is 1. The fourth-order valence-corrected chi connectivity index (χ4v) is 5.18. The quantitative estimate of drug-likeness (QED) is 0.304. The van der Waals surface area contributed by atoms with Gasteiger partial charge in [-0.2, -0.15) is 0 Å². The first-order chi connectivity index (χ1) is 17.7. The molecular formula is C35H59Cl2N3Ni. The third kappa shape index (κ3) is 11.9. The number of hydrogen-bond donors (Lipinski definition) is 2. The molecule has 0 saturated carbocycles. The molecule has 0 heterocycles. The van der Waals surface area contributed by atoms with Crippen LogP contribution in [-0.4, -0.2) is 38.1 Å². The second-order valence-electron chi connectivity index (χ2n) is 13.2. The average Bonchev–Trinajstić information content (AvgIpc) is 2.82. The smallest absolute Gasteiger partial charge is 1.00 e. The summed E-state index contributed by atoms with van der Waals surface area (Å²) in [6.07, 6.45) is 0. The summed E-state index contributed by atoms with van der Waals surface area (Å²) in [5.41, 5.74) is 11.4. The van der Waals surface area contributed by atoms with E-state index in [4.69, 9.17) is 0 Å². The molecule has 0 saturated heterocycles. The van der Waals surface area contributed by atoms with Gasteiger partial charge in [-0.15, -0.1) is 0 Å². The van der Waals surface area contributed by atoms with Gasteiger partial charge < -0.3 is 40.3 Å². The van der Waals surface area contributed by atoms with Crippen molar-refractivity contribution in [3.63, 3.8) is 0 Å². The van der Waals surface area contributed by atoms with Crippen LogP contribution in [0.4, 0.5) is 11.4 Å². The summed E-state index contributed by atoms with van der Waals surface area (Å²) in [5.74, 6) is 3.11. The molecule has 6 heteroatoms. The number of rotatable bonds is 14. The molecule has 0 amide bonds. The van der Waals surface area contributed by atoms with Crippen LogP contribution in [0.3, 0.4) is 0 Å². The molecule has 2 aromatic carbocycles. The molecule has 2 N–H and O–H groups in total. The second-order valence-corrected chi connectivity index (χ2v) is 13.2. The number of nitrogens with one attached hydrogen (secondary N) is 2. The molecule has 2 rings (SSSR count). The van der Waals surface area contributed by atoms with Crippen LogP contribution in [0.25, 0.3) is 0 Å². The molecule has 0 aromatic heterocycles. The van der Waals surface area contributed by atoms with Gasteiger partial charge in [-0.1, -0.05) is 107 Å². The Morgan fingerprint density at radius 3 is 0.927 bits per heavy atom. The zero-order valence-corrected chi connectivity index (χ0v) is 30.6. The van der Waals surface area contributed by atoms with Crippen molar-refractivity contribution in [2.24, 2.45) is 0 Å². The van der Waals surface area contributed by atoms with Crippen LogP contribution >= 0.6 is 0 Å². The maximum absolute atomic E-state index is 3.85. The maximum Gasteiger partial charge on any atom is 2.00 e. The van der Waals surface area contributed by atoms with Gasteiger partial charge in [0.25, 0.3) is 0 Å². The largest absolute Gasteiger partial charge is 2.00 e. The topological polar surface area (TPSA) is 27.3 Å². The van der Waals surface area contributed by atoms with Crippen molar-refractivity contribution in [1.29, 1.82) is 0 Å². The molecule has 41 heavy (non-hydrogen) atoms. The van der Waals surface area contributed by atoms with E-state index in [0.29, 0.717) is 35.5 Å². The standard InChI is InChI=1S/C35H59N3.2ClH.Ni/c1-22(2)28-18-30(24(5)6)34(31(19-28)25(7)8)36-14-16-38(13)17-15-37-35-32(26(9)10)20-29(23(3)4)21-33(35)27(11)12;;;/h18-27,36-37H,14-17H2,1-13H3;2*1H;/q;;;+2/p-2. The van der Waals surface area contributed by atoms with Crippen molar-refractivity contribution >= 4 is 11.4 Å². The molecule has 0 spiro atoms. The first kappa shape index (κ1) is 42.2. The van der Waals surface area contributed by atoms with Crippen molar-refractivity contribution in [3.05, 3.63) is 57.6 Å². The Morgan fingerprint density at radius 2 is 0.732 bits per heavy atom. The summed E-state index contributed by atoms with van der Waals surface area (Å²) >= 11 is 0. The summed E-state index contributed by atoms with van der Waals surface area (Å²) < 4.78 is 0. The SMILES string of the molecule is CC(C)c1cc(C(C)C)c(NCCN(C)CCNc2c(C(C)C)cc(C(C)C)cc2C(C)C)c(C(C)C)c1.[Cl-].[Cl-].[Ni+2]. The van der Waals surface area contributed by atoms with Crippen molar-refractivity contribution in [1.82, 2.24) is 4.90 Å². The van der Waals surface area contributed by atoms with Crippen LogP contribution in [0.5, 0.6) is 0 Å². The fourth-order valence-electron chi connectivity index (χ4n) is 5.18. The minimum absolute atomic E-state index is 0. The fraction of sp³-hybridized carbons (Fsp3) is 0.657. The van der Waals surface area contributed by atoms with Gasteiger partial charge in [-0.3, -0.25) is 0 Å². The number of hydrogen-bond acceptors (Lipinski definition) is 3. The zero-order valence-electron chi connectivity index (χ0n) is 28.1. The predicted octanol–water partition coefficient (Wildman–Crippen LogP) is 3.89. The normalized spacial score (nSPS) is 11.4. The molecule has 0 radical (unpaired) electrons. The van der Waals surface area contributed by atoms with E-state index in [0.717, 1.165) is 26.2 Å². The minimum Gasteiger partial charge on any atom is -1.00 e. The number of anilines is 2. The Morgan fingerprint density at radius 1 is 0.488 bits per heavy atom. The summed E-state index contributed by atoms with van der Waals surface area (Å²) in [6.45, 7) is 31.7. The van der Waals surface area contributed by atoms with Gasteiger partial charge in [0.15, 0.2) is 0 Å². The van der Waals surface area contributed by atoms with E-state index in [9.17, 15) is 0 Å². The van der Waals surface area contributed by atoms with Crippen LogP contribution in [0.2, 0.25) is 0 Å². The Kier molecular flexibility index (Phi) is 19.9. The van der Waals surface area contributed by atoms with E-state index in [2.05, 4.69) is 130 Å². The second kappa shape index (κ2) is 19.4. The molecule has 0 unspecified atom stereocenters. The molecule has 0 aliphatic carbocycles. The van der Waals surface area contributed by atoms with Gasteiger partial charge in [0, 0.05) is 37.6 Å². The number of halogens is 2. The maximum atomic E-state index is 3.85. The van der Waals surface area contributed by atoms with Crippen LogP contribution < -0.4 is 35.4 Å². The van der Waals surface area contributed by atoms with E-state index in [1.165, 1.54) is 44.8 Å². The predicted molar refractivity (Wildman–Crippen MR) is 172 cm³/mol. The van der Waals surface area contributed by atoms with Gasteiger partial charge >= 0.3 is 16.5 Å². The first-order valence-corrected chi connectivity index (χ1v) is 15.3. The van der Waals surface area contributed by atoms with Crippen molar-refractivity contribution in [3.8, 4) is 0 Å². The molecule has 2 aromatic rings. The summed E-state index contributed by atoms with van der Waals surface area (Å²) in [4.78, 5) is 2.44. The molecular weight excluding hydrogens is 592 g/mol. The Labute approximate surface area is 276 Å². The van der Waals surface area contributed by atoms with Gasteiger partial charge in [0.05, 0.1) is 0 Å². The summed E-state index contributed by atoms with van der Waals surface area (Å²) in [7, 11) is 2.24. The number of benzene rings is 2. The Bertz CT molecular complexity index is 893. The first-order valence-electron chi connectivity index (χ1n) is 15.3. The molecule has 0 bridgehead atoms. The third-order valence-corrected chi connectivity index (χ3v) is 7.86. The molecule has 0 aliphatic rings. The van der Waals surface area contributed by atoms with Crippen LogP contribution in [0, 0.1) is 0 Å². The van der Waals surface area contributed by atoms with E-state index >= 15 is 0 Å². The van der Waals surface area contributed by atoms with E-state index in [1.54, 1.807) is 0 Å². The average molecular weight is 651 g/mol. The minimum atomic E-state index is 0. The number of nitrogens with zero attached hydrogens (tertiary/aromatic N) is 1. The van der Waals surface area contributed by atoms with Gasteiger partial charge in [-0.25, -0.2) is 0 Å². The van der Waals surface area contributed by atoms with E-state index in [-0.39, 0.29) is 41.3 Å². The summed E-state index contributed by atoms with van der Waals surface area (Å²) in [5, 5.41) is 7.71. The molecule has 3 nitrogen and oxygen atoms in total. The van der Waals surface area contributed by atoms with Crippen LogP contribution in [0.1, 0.15) is 152 Å². The molecule has 0 fully saturated rings. The van der Waals surface area contributed by atoms with Crippen LogP contribution in [0.15, 0.2) is 24.3 Å². The molecule has 238 valence electrons. The molecule has 0 atom stereocenters. The molecule has 0 aliphatic heterocycles. The Hall–Kier alpha value is -0.926. The summed E-state index contributed by atoms with van der Waals surface area (Å²) in [6, 6.07) is 9.72. The monoisotopic (exact) mass is 649 g/mol. The van der Waals surface area contributed by atoms with E-state index < -0.39 is 0 Å². The zero-order chi connectivity index (χ0) is 28.7. The van der Waals surface area contributed by atoms with Crippen molar-refractivity contribution in [2.75, 3.05) is 43.9 Å². The third-order valence-electron chi connectivity index (χ3n) is 7.86. The van der Waals surface area contributed by atoms with Crippen molar-refractivity contribution < 1.29 is 41.3 Å². The van der Waals surface area contributed by atoms with Crippen molar-refractivity contribution in [2.45, 2.75) is 119 Å². The van der Waals surface area contributed by atoms with Gasteiger partial charge in [0.1, 0.15) is 0 Å². The van der Waals surface area contributed by atoms with Crippen LogP contribution in [-0.2, 0) is 16.5 Å². The Balaban J connectivity index is 0. The van der Waals surface area contributed by atoms with E-state index in [1.807, 2.05) is 0 Å². The van der Waals surface area contributed by atoms with Gasteiger partial charge in [0.2, 0.25) is 0 Å². The van der Waals surface area contributed by atoms with Gasteiger partial charge in [-0.05, 0) is 75.9 Å².